The lowest BCUT2D eigenvalue weighted by Gasteiger charge is -2.12. The van der Waals surface area contributed by atoms with Gasteiger partial charge >= 0.3 is 0 Å². The monoisotopic (exact) mass is 711 g/mol. The predicted molar refractivity (Wildman–Crippen MR) is 232 cm³/mol. The lowest BCUT2D eigenvalue weighted by atomic mass is 9.92. The topological polar surface area (TPSA) is 38.7 Å². The summed E-state index contributed by atoms with van der Waals surface area (Å²) in [6, 6.07) is 71.3. The number of nitrogens with zero attached hydrogens (tertiary/aromatic N) is 3. The molecule has 3 nitrogen and oxygen atoms in total. The highest BCUT2D eigenvalue weighted by Crippen LogP contribution is 2.49. The average molecular weight is 712 g/mol. The van der Waals surface area contributed by atoms with Crippen LogP contribution >= 0.6 is 0 Å². The van der Waals surface area contributed by atoms with E-state index in [2.05, 4.69) is 140 Å². The quantitative estimate of drug-likeness (QED) is 0.172. The summed E-state index contributed by atoms with van der Waals surface area (Å²) in [5, 5.41) is 5.07. The fraction of sp³-hybridized carbons (Fsp3) is 0. The van der Waals surface area contributed by atoms with Gasteiger partial charge in [0.05, 0.1) is 0 Å². The maximum Gasteiger partial charge on any atom is 0.164 e. The van der Waals surface area contributed by atoms with Gasteiger partial charge in [0.1, 0.15) is 0 Å². The molecule has 1 aliphatic carbocycles. The van der Waals surface area contributed by atoms with Crippen LogP contribution in [0.5, 0.6) is 0 Å². The van der Waals surface area contributed by atoms with Crippen LogP contribution in [0.4, 0.5) is 0 Å². The van der Waals surface area contributed by atoms with Crippen molar-refractivity contribution in [1.82, 2.24) is 15.0 Å². The average Bonchev–Trinajstić information content (AvgIpc) is 3.61. The van der Waals surface area contributed by atoms with E-state index in [9.17, 15) is 0 Å². The van der Waals surface area contributed by atoms with Crippen molar-refractivity contribution < 1.29 is 0 Å². The highest BCUT2D eigenvalue weighted by atomic mass is 15.0. The molecule has 9 aromatic carbocycles. The van der Waals surface area contributed by atoms with Crippen molar-refractivity contribution >= 4 is 21.5 Å². The van der Waals surface area contributed by atoms with Gasteiger partial charge in [-0.05, 0) is 95.4 Å². The third-order valence-corrected chi connectivity index (χ3v) is 11.1. The molecule has 0 unspecified atom stereocenters. The summed E-state index contributed by atoms with van der Waals surface area (Å²) >= 11 is 0. The summed E-state index contributed by atoms with van der Waals surface area (Å²) in [6.45, 7) is 0. The van der Waals surface area contributed by atoms with Gasteiger partial charge in [0, 0.05) is 16.7 Å². The number of hydrogen-bond donors (Lipinski definition) is 0. The Labute approximate surface area is 325 Å². The molecule has 1 aromatic heterocycles. The van der Waals surface area contributed by atoms with Crippen LogP contribution in [-0.4, -0.2) is 15.0 Å². The van der Waals surface area contributed by atoms with E-state index in [1.807, 2.05) is 60.7 Å². The Kier molecular flexibility index (Phi) is 7.49. The molecule has 0 fully saturated rings. The first-order valence-corrected chi connectivity index (χ1v) is 19.0. The molecule has 0 aliphatic heterocycles. The fourth-order valence-electron chi connectivity index (χ4n) is 8.28. The van der Waals surface area contributed by atoms with Gasteiger partial charge in [-0.1, -0.05) is 182 Å². The van der Waals surface area contributed by atoms with E-state index in [4.69, 9.17) is 15.0 Å². The van der Waals surface area contributed by atoms with E-state index in [0.717, 1.165) is 27.8 Å². The lowest BCUT2D eigenvalue weighted by molar-refractivity contribution is 1.07. The van der Waals surface area contributed by atoms with Crippen molar-refractivity contribution in [2.45, 2.75) is 0 Å². The van der Waals surface area contributed by atoms with E-state index in [0.29, 0.717) is 17.5 Å². The van der Waals surface area contributed by atoms with Gasteiger partial charge in [0.25, 0.3) is 0 Å². The molecule has 260 valence electrons. The maximum atomic E-state index is 4.92. The highest BCUT2D eigenvalue weighted by molar-refractivity contribution is 6.18. The van der Waals surface area contributed by atoms with Crippen LogP contribution in [0.25, 0.3) is 111 Å². The van der Waals surface area contributed by atoms with E-state index in [1.54, 1.807) is 0 Å². The van der Waals surface area contributed by atoms with Gasteiger partial charge in [-0.15, -0.1) is 0 Å². The van der Waals surface area contributed by atoms with Crippen molar-refractivity contribution in [2.24, 2.45) is 0 Å². The molecule has 3 heteroatoms. The van der Waals surface area contributed by atoms with Crippen LogP contribution in [0.2, 0.25) is 0 Å². The van der Waals surface area contributed by atoms with E-state index in [1.165, 1.54) is 66.1 Å². The first kappa shape index (κ1) is 32.0. The van der Waals surface area contributed by atoms with Crippen molar-refractivity contribution in [1.29, 1.82) is 0 Å². The first-order chi connectivity index (χ1) is 27.7. The molecule has 0 atom stereocenters. The molecular weight excluding hydrogens is 679 g/mol. The Balaban J connectivity index is 0.922. The largest absolute Gasteiger partial charge is 0.208 e. The third kappa shape index (κ3) is 5.49. The molecule has 0 spiro atoms. The zero-order valence-electron chi connectivity index (χ0n) is 30.4. The zero-order chi connectivity index (χ0) is 37.0. The molecule has 0 saturated carbocycles. The van der Waals surface area contributed by atoms with Crippen LogP contribution in [0, 0.1) is 0 Å². The molecule has 1 heterocycles. The minimum absolute atomic E-state index is 0.650. The van der Waals surface area contributed by atoms with Gasteiger partial charge in [-0.2, -0.15) is 0 Å². The fourth-order valence-corrected chi connectivity index (χ4v) is 8.28. The summed E-state index contributed by atoms with van der Waals surface area (Å²) in [6.07, 6.45) is 0. The maximum absolute atomic E-state index is 4.92. The predicted octanol–water partition coefficient (Wildman–Crippen LogP) is 13.8. The van der Waals surface area contributed by atoms with Crippen LogP contribution in [0.1, 0.15) is 0 Å². The molecule has 56 heavy (non-hydrogen) atoms. The molecule has 0 saturated heterocycles. The standard InChI is InChI=1S/C53H33N3/c1-3-11-36(12-4-1)51-54-52(37-13-5-2-6-14-37)56-53(55-51)38-25-21-34(22-26-38)40-27-23-35-24-28-41(33-43(35)32-40)39-15-9-16-42(31-39)44-29-30-49-46-18-8-7-17-45(46)48-20-10-19-47(44)50(48)49/h1-33H. The van der Waals surface area contributed by atoms with Gasteiger partial charge in [0.15, 0.2) is 17.5 Å². The summed E-state index contributed by atoms with van der Waals surface area (Å²) in [5.41, 5.74) is 15.3. The van der Waals surface area contributed by atoms with Gasteiger partial charge in [-0.25, -0.2) is 15.0 Å². The van der Waals surface area contributed by atoms with Crippen LogP contribution in [0.3, 0.4) is 0 Å². The first-order valence-electron chi connectivity index (χ1n) is 19.0. The Morgan fingerprint density at radius 1 is 0.232 bits per heavy atom. The van der Waals surface area contributed by atoms with Crippen LogP contribution < -0.4 is 0 Å². The summed E-state index contributed by atoms with van der Waals surface area (Å²) in [7, 11) is 0. The molecule has 10 aromatic rings. The van der Waals surface area contributed by atoms with E-state index in [-0.39, 0.29) is 0 Å². The number of rotatable bonds is 6. The van der Waals surface area contributed by atoms with Crippen molar-refractivity contribution in [3.05, 3.63) is 200 Å². The lowest BCUT2D eigenvalue weighted by Crippen LogP contribution is -2.00. The molecule has 0 N–H and O–H groups in total. The van der Waals surface area contributed by atoms with Crippen LogP contribution in [0.15, 0.2) is 200 Å². The summed E-state index contributed by atoms with van der Waals surface area (Å²) in [5.74, 6) is 1.97. The Hall–Kier alpha value is -7.49. The second-order valence-corrected chi connectivity index (χ2v) is 14.4. The Morgan fingerprint density at radius 2 is 0.661 bits per heavy atom. The van der Waals surface area contributed by atoms with Crippen molar-refractivity contribution in [3.63, 3.8) is 0 Å². The zero-order valence-corrected chi connectivity index (χ0v) is 30.4. The Morgan fingerprint density at radius 3 is 1.30 bits per heavy atom. The number of benzene rings is 9. The molecule has 11 rings (SSSR count). The summed E-state index contributed by atoms with van der Waals surface area (Å²) in [4.78, 5) is 14.7. The van der Waals surface area contributed by atoms with Gasteiger partial charge in [0.2, 0.25) is 0 Å². The summed E-state index contributed by atoms with van der Waals surface area (Å²) < 4.78 is 0. The van der Waals surface area contributed by atoms with Crippen molar-refractivity contribution in [2.75, 3.05) is 0 Å². The van der Waals surface area contributed by atoms with Gasteiger partial charge < -0.3 is 0 Å². The number of hydrogen-bond acceptors (Lipinski definition) is 3. The molecule has 0 amide bonds. The number of fused-ring (bicyclic) bond motifs is 4. The number of aromatic nitrogens is 3. The van der Waals surface area contributed by atoms with E-state index >= 15 is 0 Å². The Bertz CT molecular complexity index is 3030. The molecule has 1 aliphatic rings. The third-order valence-electron chi connectivity index (χ3n) is 11.1. The van der Waals surface area contributed by atoms with Crippen molar-refractivity contribution in [3.8, 4) is 89.8 Å². The normalized spacial score (nSPS) is 11.6. The second-order valence-electron chi connectivity index (χ2n) is 14.4. The van der Waals surface area contributed by atoms with Gasteiger partial charge in [-0.3, -0.25) is 0 Å². The molecular formula is C53H33N3. The minimum Gasteiger partial charge on any atom is -0.208 e. The smallest absolute Gasteiger partial charge is 0.164 e. The van der Waals surface area contributed by atoms with E-state index < -0.39 is 0 Å². The SMILES string of the molecule is c1ccc(-c2nc(-c3ccccc3)nc(-c3ccc(-c4ccc5ccc(-c6cccc(-c7ccc8c9c(cccc79)-c7ccccc7-8)c6)cc5c4)cc3)n2)cc1. The minimum atomic E-state index is 0.650. The second kappa shape index (κ2) is 13.1. The highest BCUT2D eigenvalue weighted by Gasteiger charge is 2.22. The molecule has 0 radical (unpaired) electrons. The molecule has 0 bridgehead atoms. The van der Waals surface area contributed by atoms with Crippen LogP contribution in [-0.2, 0) is 0 Å².